The van der Waals surface area contributed by atoms with Crippen LogP contribution < -0.4 is 20.7 Å². The quantitative estimate of drug-likeness (QED) is 0.214. The van der Waals surface area contributed by atoms with Crippen molar-refractivity contribution in [2.24, 2.45) is 0 Å². The zero-order valence-corrected chi connectivity index (χ0v) is 17.8. The predicted molar refractivity (Wildman–Crippen MR) is 120 cm³/mol. The average molecular weight is 490 g/mol. The van der Waals surface area contributed by atoms with E-state index < -0.39 is 29.3 Å². The summed E-state index contributed by atoms with van der Waals surface area (Å²) in [6, 6.07) is 12.2. The highest BCUT2D eigenvalue weighted by molar-refractivity contribution is 7.22. The highest BCUT2D eigenvalue weighted by Gasteiger charge is 2.31. The largest absolute Gasteiger partial charge is 0.457 e. The molecule has 3 amide bonds. The van der Waals surface area contributed by atoms with E-state index in [0.29, 0.717) is 52.4 Å². The van der Waals surface area contributed by atoms with Gasteiger partial charge in [-0.1, -0.05) is 11.3 Å². The second kappa shape index (κ2) is 9.35. The monoisotopic (exact) mass is 490 g/mol. The van der Waals surface area contributed by atoms with Gasteiger partial charge in [-0.2, -0.15) is 13.2 Å². The number of hydrogen-bond donors (Lipinski definition) is 3. The number of amides is 3. The number of nitrogens with zero attached hydrogens (tertiary/aromatic N) is 1. The van der Waals surface area contributed by atoms with Crippen LogP contribution >= 0.6 is 11.3 Å². The van der Waals surface area contributed by atoms with Gasteiger partial charge in [0.05, 0.1) is 21.5 Å². The summed E-state index contributed by atoms with van der Waals surface area (Å²) in [5, 5.41) is 7.43. The van der Waals surface area contributed by atoms with E-state index >= 15 is 0 Å². The lowest BCUT2D eigenvalue weighted by atomic mass is 10.2. The Balaban J connectivity index is 1.40. The smallest absolute Gasteiger partial charge is 0.416 e. The number of rotatable bonds is 6. The van der Waals surface area contributed by atoms with Crippen molar-refractivity contribution < 1.29 is 31.9 Å². The summed E-state index contributed by atoms with van der Waals surface area (Å²) in [7, 11) is 0. The van der Waals surface area contributed by atoms with Crippen LogP contribution in [0.1, 0.15) is 5.56 Å². The molecular formula is C22H14F4N4O3S. The first-order valence-corrected chi connectivity index (χ1v) is 10.4. The molecule has 34 heavy (non-hydrogen) atoms. The van der Waals surface area contributed by atoms with Gasteiger partial charge in [-0.25, -0.2) is 14.2 Å². The minimum absolute atomic E-state index is 0.305. The molecule has 0 spiro atoms. The summed E-state index contributed by atoms with van der Waals surface area (Å²) in [6.45, 7) is 0. The summed E-state index contributed by atoms with van der Waals surface area (Å²) < 4.78 is 58.8. The van der Waals surface area contributed by atoms with Gasteiger partial charge in [0.15, 0.2) is 5.13 Å². The number of anilines is 3. The normalized spacial score (nSPS) is 11.2. The van der Waals surface area contributed by atoms with Gasteiger partial charge >= 0.3 is 12.2 Å². The molecule has 0 aliphatic heterocycles. The molecule has 0 aliphatic carbocycles. The number of carbonyl (C=O) groups excluding carboxylic acids is 2. The van der Waals surface area contributed by atoms with Crippen molar-refractivity contribution in [1.29, 1.82) is 0 Å². The molecule has 3 N–H and O–H groups in total. The number of benzene rings is 3. The Morgan fingerprint density at radius 2 is 1.71 bits per heavy atom. The third-order valence-electron chi connectivity index (χ3n) is 4.43. The lowest BCUT2D eigenvalue weighted by molar-refractivity contribution is -0.137. The number of alkyl halides is 3. The van der Waals surface area contributed by atoms with Crippen LogP contribution in [-0.4, -0.2) is 17.4 Å². The summed E-state index contributed by atoms with van der Waals surface area (Å²) in [4.78, 5) is 26.9. The first kappa shape index (κ1) is 23.0. The highest BCUT2D eigenvalue weighted by Crippen LogP contribution is 2.33. The Kier molecular flexibility index (Phi) is 6.32. The fourth-order valence-corrected chi connectivity index (χ4v) is 3.76. The number of ether oxygens (including phenoxy) is 1. The molecule has 0 saturated carbocycles. The van der Waals surface area contributed by atoms with E-state index in [-0.39, 0.29) is 0 Å². The third-order valence-corrected chi connectivity index (χ3v) is 5.38. The van der Waals surface area contributed by atoms with Gasteiger partial charge < -0.3 is 20.7 Å². The molecule has 174 valence electrons. The Labute approximate surface area is 193 Å². The maximum absolute atomic E-state index is 13.8. The maximum Gasteiger partial charge on any atom is 0.416 e. The van der Waals surface area contributed by atoms with Crippen molar-refractivity contribution in [1.82, 2.24) is 4.98 Å². The van der Waals surface area contributed by atoms with Crippen molar-refractivity contribution in [3.63, 3.8) is 0 Å². The number of nitrogens with one attached hydrogen (secondary N) is 3. The summed E-state index contributed by atoms with van der Waals surface area (Å²) in [5.41, 5.74) is -0.681. The molecular weight excluding hydrogens is 476 g/mol. The van der Waals surface area contributed by atoms with Gasteiger partial charge in [0, 0.05) is 11.8 Å². The second-order valence-corrected chi connectivity index (χ2v) is 7.84. The molecule has 1 aromatic heterocycles. The Hall–Kier alpha value is -4.19. The number of thiazole rings is 1. The Morgan fingerprint density at radius 3 is 2.41 bits per heavy atom. The fourth-order valence-electron chi connectivity index (χ4n) is 2.91. The van der Waals surface area contributed by atoms with Gasteiger partial charge in [-0.05, 0) is 54.6 Å². The van der Waals surface area contributed by atoms with Crippen LogP contribution in [0.3, 0.4) is 0 Å². The van der Waals surface area contributed by atoms with E-state index in [1.165, 1.54) is 23.5 Å². The SMILES string of the molecule is O=CNc1nc2ccc(Oc3ccc(NC(=O)Nc4cc(C(F)(F)F)ccc4F)cc3)cc2s1. The van der Waals surface area contributed by atoms with E-state index in [2.05, 4.69) is 20.9 Å². The van der Waals surface area contributed by atoms with Crippen LogP contribution in [0, 0.1) is 5.82 Å². The molecule has 0 fully saturated rings. The summed E-state index contributed by atoms with van der Waals surface area (Å²) >= 11 is 1.28. The number of fused-ring (bicyclic) bond motifs is 1. The van der Waals surface area contributed by atoms with E-state index in [9.17, 15) is 27.2 Å². The standard InChI is InChI=1S/C22H14F4N4O3S/c23-16-7-1-12(22(24,25)26)9-18(16)29-20(32)28-13-2-4-14(5-3-13)33-15-6-8-17-19(10-15)34-21(30-17)27-11-31/h1-11H,(H,27,30,31)(H2,28,29,32). The van der Waals surface area contributed by atoms with Crippen molar-refractivity contribution in [3.8, 4) is 11.5 Å². The van der Waals surface area contributed by atoms with Crippen LogP contribution in [0.15, 0.2) is 60.7 Å². The molecule has 4 rings (SSSR count). The van der Waals surface area contributed by atoms with E-state index in [0.717, 1.165) is 4.70 Å². The molecule has 0 saturated heterocycles. The number of hydrogen-bond acceptors (Lipinski definition) is 5. The van der Waals surface area contributed by atoms with Crippen LogP contribution in [0.4, 0.5) is 38.9 Å². The zero-order chi connectivity index (χ0) is 24.3. The zero-order valence-electron chi connectivity index (χ0n) is 16.9. The molecule has 7 nitrogen and oxygen atoms in total. The third kappa shape index (κ3) is 5.41. The van der Waals surface area contributed by atoms with Gasteiger partial charge in [0.1, 0.15) is 17.3 Å². The van der Waals surface area contributed by atoms with Crippen molar-refractivity contribution in [2.45, 2.75) is 6.18 Å². The van der Waals surface area contributed by atoms with Crippen LogP contribution in [0.2, 0.25) is 0 Å². The van der Waals surface area contributed by atoms with Crippen molar-refractivity contribution >= 4 is 50.5 Å². The van der Waals surface area contributed by atoms with Gasteiger partial charge in [0.2, 0.25) is 6.41 Å². The lowest BCUT2D eigenvalue weighted by Crippen LogP contribution is -2.20. The summed E-state index contributed by atoms with van der Waals surface area (Å²) in [5.74, 6) is -0.0314. The molecule has 1 heterocycles. The minimum Gasteiger partial charge on any atom is -0.457 e. The minimum atomic E-state index is -4.67. The molecule has 0 aliphatic rings. The molecule has 12 heteroatoms. The Morgan fingerprint density at radius 1 is 0.971 bits per heavy atom. The summed E-state index contributed by atoms with van der Waals surface area (Å²) in [6.07, 6.45) is -4.13. The number of halogens is 4. The van der Waals surface area contributed by atoms with Gasteiger partial charge in [-0.3, -0.25) is 4.79 Å². The van der Waals surface area contributed by atoms with Crippen molar-refractivity contribution in [3.05, 3.63) is 72.0 Å². The van der Waals surface area contributed by atoms with Crippen molar-refractivity contribution in [2.75, 3.05) is 16.0 Å². The first-order chi connectivity index (χ1) is 16.2. The molecule has 0 atom stereocenters. The van der Waals surface area contributed by atoms with Gasteiger partial charge in [0.25, 0.3) is 0 Å². The molecule has 4 aromatic rings. The molecule has 0 unspecified atom stereocenters. The number of urea groups is 1. The second-order valence-electron chi connectivity index (χ2n) is 6.81. The number of carbonyl (C=O) groups is 2. The molecule has 0 bridgehead atoms. The average Bonchev–Trinajstić information content (AvgIpc) is 3.18. The van der Waals surface area contributed by atoms with Crippen LogP contribution in [0.5, 0.6) is 11.5 Å². The molecule has 3 aromatic carbocycles. The van der Waals surface area contributed by atoms with E-state index in [1.807, 2.05) is 0 Å². The predicted octanol–water partition coefficient (Wildman–Crippen LogP) is 6.46. The molecule has 0 radical (unpaired) electrons. The first-order valence-electron chi connectivity index (χ1n) is 9.55. The topological polar surface area (TPSA) is 92.3 Å². The van der Waals surface area contributed by atoms with Crippen LogP contribution in [-0.2, 0) is 11.0 Å². The Bertz CT molecular complexity index is 1360. The fraction of sp³-hybridized carbons (Fsp3) is 0.0455. The highest BCUT2D eigenvalue weighted by atomic mass is 32.1. The maximum atomic E-state index is 13.8. The number of aromatic nitrogens is 1. The van der Waals surface area contributed by atoms with E-state index in [4.69, 9.17) is 4.74 Å². The van der Waals surface area contributed by atoms with Crippen LogP contribution in [0.25, 0.3) is 10.2 Å². The lowest BCUT2D eigenvalue weighted by Gasteiger charge is -2.12. The van der Waals surface area contributed by atoms with Gasteiger partial charge in [-0.15, -0.1) is 0 Å². The van der Waals surface area contributed by atoms with E-state index in [1.54, 1.807) is 30.3 Å².